The first-order valence-corrected chi connectivity index (χ1v) is 7.88. The molecule has 19 heavy (non-hydrogen) atoms. The van der Waals surface area contributed by atoms with Crippen molar-refractivity contribution in [2.45, 2.75) is 58.8 Å². The van der Waals surface area contributed by atoms with Crippen molar-refractivity contribution in [1.29, 1.82) is 0 Å². The molecule has 2 nitrogen and oxygen atoms in total. The molecule has 0 aromatic carbocycles. The number of ketones is 1. The molecule has 2 heteroatoms. The maximum Gasteiger partial charge on any atom is 0.136 e. The molecule has 3 rings (SSSR count). The summed E-state index contributed by atoms with van der Waals surface area (Å²) in [5.74, 6) is 1.16. The maximum atomic E-state index is 12.0. The summed E-state index contributed by atoms with van der Waals surface area (Å²) < 4.78 is 0. The number of Topliss-reactive ketones (excluding diaryl/α,β-unsaturated/α-hetero) is 1. The molecule has 1 N–H and O–H groups in total. The second-order valence-corrected chi connectivity index (χ2v) is 7.27. The molecule has 3 aliphatic carbocycles. The minimum absolute atomic E-state index is 0.0452. The number of rotatable bonds is 1. The fourth-order valence-electron chi connectivity index (χ4n) is 5.29. The Kier molecular flexibility index (Phi) is 3.12. The minimum Gasteiger partial charge on any atom is -0.395 e. The van der Waals surface area contributed by atoms with Gasteiger partial charge in [0.1, 0.15) is 5.78 Å². The Hall–Kier alpha value is -0.630. The standard InChI is InChI=1S/C17H26O2/c1-12-13-6-10-17(11-18)8-4-3-5-15(17)16(13,2)9-7-14(12)19/h5,12-13,18H,3-4,6-11H2,1-2H3/t12-,13-,16-,17+/m0/s1. The molecular weight excluding hydrogens is 236 g/mol. The molecule has 4 atom stereocenters. The summed E-state index contributed by atoms with van der Waals surface area (Å²) in [6, 6.07) is 0. The van der Waals surface area contributed by atoms with Crippen LogP contribution < -0.4 is 0 Å². The van der Waals surface area contributed by atoms with E-state index in [2.05, 4.69) is 19.9 Å². The van der Waals surface area contributed by atoms with Crippen molar-refractivity contribution in [3.05, 3.63) is 11.6 Å². The molecule has 0 radical (unpaired) electrons. The van der Waals surface area contributed by atoms with Gasteiger partial charge in [-0.25, -0.2) is 0 Å². The smallest absolute Gasteiger partial charge is 0.136 e. The van der Waals surface area contributed by atoms with E-state index in [0.717, 1.165) is 38.5 Å². The van der Waals surface area contributed by atoms with Gasteiger partial charge in [-0.3, -0.25) is 4.79 Å². The number of aliphatic hydroxyl groups is 1. The summed E-state index contributed by atoms with van der Waals surface area (Å²) >= 11 is 0. The highest BCUT2D eigenvalue weighted by Crippen LogP contribution is 2.62. The Labute approximate surface area is 116 Å². The largest absolute Gasteiger partial charge is 0.395 e. The van der Waals surface area contributed by atoms with Gasteiger partial charge in [0.25, 0.3) is 0 Å². The van der Waals surface area contributed by atoms with Crippen LogP contribution in [0.15, 0.2) is 11.6 Å². The third-order valence-electron chi connectivity index (χ3n) is 6.45. The van der Waals surface area contributed by atoms with Crippen molar-refractivity contribution in [1.82, 2.24) is 0 Å². The molecule has 0 unspecified atom stereocenters. The van der Waals surface area contributed by atoms with Crippen LogP contribution in [0.1, 0.15) is 58.8 Å². The van der Waals surface area contributed by atoms with E-state index in [1.165, 1.54) is 12.0 Å². The topological polar surface area (TPSA) is 37.3 Å². The molecule has 0 bridgehead atoms. The van der Waals surface area contributed by atoms with Gasteiger partial charge in [-0.05, 0) is 49.9 Å². The molecule has 0 saturated heterocycles. The maximum absolute atomic E-state index is 12.0. The molecule has 0 spiro atoms. The van der Waals surface area contributed by atoms with Gasteiger partial charge in [-0.15, -0.1) is 0 Å². The molecular formula is C17H26O2. The zero-order chi connectivity index (χ0) is 13.7. The van der Waals surface area contributed by atoms with Crippen molar-refractivity contribution in [3.8, 4) is 0 Å². The average Bonchev–Trinajstić information content (AvgIpc) is 2.43. The van der Waals surface area contributed by atoms with Crippen LogP contribution in [0.4, 0.5) is 0 Å². The van der Waals surface area contributed by atoms with Gasteiger partial charge in [0.05, 0.1) is 6.61 Å². The monoisotopic (exact) mass is 262 g/mol. The number of aliphatic hydroxyl groups excluding tert-OH is 1. The molecule has 3 aliphatic rings. The van der Waals surface area contributed by atoms with Crippen LogP contribution in [-0.4, -0.2) is 17.5 Å². The molecule has 2 saturated carbocycles. The number of allylic oxidation sites excluding steroid dienone is 1. The molecule has 0 heterocycles. The molecule has 0 amide bonds. The van der Waals surface area contributed by atoms with Gasteiger partial charge < -0.3 is 5.11 Å². The quantitative estimate of drug-likeness (QED) is 0.734. The Morgan fingerprint density at radius 2 is 2.16 bits per heavy atom. The van der Waals surface area contributed by atoms with Crippen LogP contribution in [-0.2, 0) is 4.79 Å². The average molecular weight is 262 g/mol. The summed E-state index contributed by atoms with van der Waals surface area (Å²) in [5, 5.41) is 9.99. The van der Waals surface area contributed by atoms with Gasteiger partial charge in [-0.2, -0.15) is 0 Å². The van der Waals surface area contributed by atoms with E-state index >= 15 is 0 Å². The van der Waals surface area contributed by atoms with Crippen LogP contribution in [0.25, 0.3) is 0 Å². The Bertz CT molecular complexity index is 425. The highest BCUT2D eigenvalue weighted by molar-refractivity contribution is 5.82. The summed E-state index contributed by atoms with van der Waals surface area (Å²) in [7, 11) is 0. The Morgan fingerprint density at radius 1 is 1.37 bits per heavy atom. The molecule has 0 aliphatic heterocycles. The molecule has 106 valence electrons. The molecule has 2 fully saturated rings. The zero-order valence-corrected chi connectivity index (χ0v) is 12.2. The predicted octanol–water partition coefficient (Wildman–Crippen LogP) is 3.49. The number of carbonyl (C=O) groups is 1. The Morgan fingerprint density at radius 3 is 2.89 bits per heavy atom. The van der Waals surface area contributed by atoms with E-state index < -0.39 is 0 Å². The second kappa shape index (κ2) is 4.44. The van der Waals surface area contributed by atoms with Crippen LogP contribution in [0.3, 0.4) is 0 Å². The second-order valence-electron chi connectivity index (χ2n) is 7.27. The van der Waals surface area contributed by atoms with Crippen molar-refractivity contribution in [2.75, 3.05) is 6.61 Å². The van der Waals surface area contributed by atoms with Gasteiger partial charge >= 0.3 is 0 Å². The molecule has 0 aromatic rings. The lowest BCUT2D eigenvalue weighted by Crippen LogP contribution is -2.51. The van der Waals surface area contributed by atoms with Gasteiger partial charge in [0.2, 0.25) is 0 Å². The van der Waals surface area contributed by atoms with E-state index in [0.29, 0.717) is 18.3 Å². The van der Waals surface area contributed by atoms with Crippen molar-refractivity contribution < 1.29 is 9.90 Å². The summed E-state index contributed by atoms with van der Waals surface area (Å²) in [4.78, 5) is 12.0. The number of hydrogen-bond acceptors (Lipinski definition) is 2. The van der Waals surface area contributed by atoms with Crippen molar-refractivity contribution in [3.63, 3.8) is 0 Å². The number of fused-ring (bicyclic) bond motifs is 3. The van der Waals surface area contributed by atoms with E-state index in [-0.39, 0.29) is 16.7 Å². The number of carbonyl (C=O) groups excluding carboxylic acids is 1. The molecule has 0 aromatic heterocycles. The van der Waals surface area contributed by atoms with E-state index in [1.54, 1.807) is 0 Å². The predicted molar refractivity (Wildman–Crippen MR) is 75.7 cm³/mol. The fraction of sp³-hybridized carbons (Fsp3) is 0.824. The van der Waals surface area contributed by atoms with Gasteiger partial charge in [-0.1, -0.05) is 25.5 Å². The normalized spacial score (nSPS) is 46.3. The van der Waals surface area contributed by atoms with Crippen molar-refractivity contribution in [2.24, 2.45) is 22.7 Å². The fourth-order valence-corrected chi connectivity index (χ4v) is 5.29. The van der Waals surface area contributed by atoms with Gasteiger partial charge in [0.15, 0.2) is 0 Å². The summed E-state index contributed by atoms with van der Waals surface area (Å²) in [6.07, 6.45) is 9.82. The highest BCUT2D eigenvalue weighted by Gasteiger charge is 2.55. The Balaban J connectivity index is 2.03. The minimum atomic E-state index is 0.0452. The van der Waals surface area contributed by atoms with Crippen LogP contribution in [0.5, 0.6) is 0 Å². The lowest BCUT2D eigenvalue weighted by molar-refractivity contribution is -0.132. The van der Waals surface area contributed by atoms with Crippen LogP contribution >= 0.6 is 0 Å². The SMILES string of the molecule is C[C@@H]1C(=O)CC[C@]2(C)C3=CCCC[C@]3(CO)CC[C@@H]12. The number of hydrogen-bond donors (Lipinski definition) is 1. The van der Waals surface area contributed by atoms with Crippen molar-refractivity contribution >= 4 is 5.78 Å². The highest BCUT2D eigenvalue weighted by atomic mass is 16.3. The third kappa shape index (κ3) is 1.75. The first-order chi connectivity index (χ1) is 9.03. The lowest BCUT2D eigenvalue weighted by atomic mass is 9.47. The summed E-state index contributed by atoms with van der Waals surface area (Å²) in [5.41, 5.74) is 1.71. The lowest BCUT2D eigenvalue weighted by Gasteiger charge is -2.57. The van der Waals surface area contributed by atoms with E-state index in [9.17, 15) is 9.90 Å². The van der Waals surface area contributed by atoms with Crippen LogP contribution in [0.2, 0.25) is 0 Å². The zero-order valence-electron chi connectivity index (χ0n) is 12.2. The van der Waals surface area contributed by atoms with Gasteiger partial charge in [0, 0.05) is 17.8 Å². The van der Waals surface area contributed by atoms with E-state index in [1.807, 2.05) is 0 Å². The first-order valence-electron chi connectivity index (χ1n) is 7.88. The summed E-state index contributed by atoms with van der Waals surface area (Å²) in [6.45, 7) is 4.78. The first kappa shape index (κ1) is 13.4. The third-order valence-corrected chi connectivity index (χ3v) is 6.45. The van der Waals surface area contributed by atoms with E-state index in [4.69, 9.17) is 0 Å². The van der Waals surface area contributed by atoms with Crippen LogP contribution in [0, 0.1) is 22.7 Å².